The van der Waals surface area contributed by atoms with Gasteiger partial charge >= 0.3 is 0 Å². The second-order valence-electron chi connectivity index (χ2n) is 6.77. The monoisotopic (exact) mass is 360 g/mol. The molecule has 134 valence electrons. The molecule has 0 radical (unpaired) electrons. The van der Waals surface area contributed by atoms with E-state index in [1.54, 1.807) is 44.3 Å². The molecular formula is C21H16N2O4. The van der Waals surface area contributed by atoms with Gasteiger partial charge in [-0.05, 0) is 25.1 Å². The van der Waals surface area contributed by atoms with Gasteiger partial charge in [0.15, 0.2) is 11.0 Å². The van der Waals surface area contributed by atoms with Gasteiger partial charge in [-0.2, -0.15) is 0 Å². The van der Waals surface area contributed by atoms with Gasteiger partial charge in [0.05, 0.1) is 10.9 Å². The smallest absolute Gasteiger partial charge is 0.291 e. The third-order valence-corrected chi connectivity index (χ3v) is 5.59. The summed E-state index contributed by atoms with van der Waals surface area (Å²) in [5.41, 5.74) is -0.0284. The summed E-state index contributed by atoms with van der Waals surface area (Å²) in [7, 11) is 1.66. The molecule has 1 unspecified atom stereocenters. The van der Waals surface area contributed by atoms with Crippen molar-refractivity contribution in [3.63, 3.8) is 0 Å². The number of likely N-dealkylation sites (N-methyl/N-ethyl adjacent to an activating group) is 2. The zero-order chi connectivity index (χ0) is 18.9. The first kappa shape index (κ1) is 15.8. The average molecular weight is 360 g/mol. The quantitative estimate of drug-likeness (QED) is 0.668. The highest BCUT2D eigenvalue weighted by molar-refractivity contribution is 6.16. The SMILES string of the molecule is CCN1C(=O)c2oc3ccccc3c(=O)c2C12C(=O)N(C)c1ccccc12. The van der Waals surface area contributed by atoms with Gasteiger partial charge in [-0.15, -0.1) is 0 Å². The van der Waals surface area contributed by atoms with Crippen molar-refractivity contribution in [2.45, 2.75) is 12.5 Å². The minimum atomic E-state index is -1.48. The number of hydrogen-bond donors (Lipinski definition) is 0. The van der Waals surface area contributed by atoms with Gasteiger partial charge in [-0.3, -0.25) is 14.4 Å². The molecule has 1 atom stereocenters. The lowest BCUT2D eigenvalue weighted by molar-refractivity contribution is -0.125. The highest BCUT2D eigenvalue weighted by Crippen LogP contribution is 2.51. The van der Waals surface area contributed by atoms with Crippen molar-refractivity contribution in [2.24, 2.45) is 0 Å². The summed E-state index contributed by atoms with van der Waals surface area (Å²) in [6, 6.07) is 14.1. The number of rotatable bonds is 1. The molecule has 0 saturated carbocycles. The first-order chi connectivity index (χ1) is 13.0. The molecule has 27 heavy (non-hydrogen) atoms. The molecule has 0 N–H and O–H groups in total. The summed E-state index contributed by atoms with van der Waals surface area (Å²) in [5.74, 6) is -0.798. The lowest BCUT2D eigenvalue weighted by Gasteiger charge is -2.33. The zero-order valence-electron chi connectivity index (χ0n) is 14.9. The number of para-hydroxylation sites is 2. The Balaban J connectivity index is 1.99. The predicted octanol–water partition coefficient (Wildman–Crippen LogP) is 2.49. The highest BCUT2D eigenvalue weighted by atomic mass is 16.3. The van der Waals surface area contributed by atoms with Crippen LogP contribution in [0.25, 0.3) is 11.0 Å². The maximum Gasteiger partial charge on any atom is 0.291 e. The maximum absolute atomic E-state index is 13.5. The normalized spacial score (nSPS) is 20.7. The van der Waals surface area contributed by atoms with Gasteiger partial charge in [0.1, 0.15) is 5.58 Å². The Morgan fingerprint density at radius 3 is 2.48 bits per heavy atom. The molecule has 2 aliphatic rings. The van der Waals surface area contributed by atoms with Crippen LogP contribution >= 0.6 is 0 Å². The number of amides is 2. The molecule has 3 heterocycles. The second-order valence-corrected chi connectivity index (χ2v) is 6.77. The Morgan fingerprint density at radius 2 is 1.70 bits per heavy atom. The van der Waals surface area contributed by atoms with Crippen LogP contribution in [-0.2, 0) is 10.3 Å². The molecule has 5 rings (SSSR count). The van der Waals surface area contributed by atoms with Crippen LogP contribution in [0.4, 0.5) is 5.69 Å². The van der Waals surface area contributed by atoms with E-state index in [1.165, 1.54) is 9.80 Å². The molecule has 6 heteroatoms. The summed E-state index contributed by atoms with van der Waals surface area (Å²) in [4.78, 5) is 43.1. The minimum absolute atomic E-state index is 0.0426. The number of carbonyl (C=O) groups is 2. The van der Waals surface area contributed by atoms with Crippen molar-refractivity contribution in [3.8, 4) is 0 Å². The van der Waals surface area contributed by atoms with Crippen LogP contribution in [0.2, 0.25) is 0 Å². The molecule has 1 aromatic heterocycles. The molecule has 0 fully saturated rings. The van der Waals surface area contributed by atoms with Gasteiger partial charge in [0, 0.05) is 24.8 Å². The number of fused-ring (bicyclic) bond motifs is 5. The van der Waals surface area contributed by atoms with Gasteiger partial charge in [0.2, 0.25) is 5.76 Å². The van der Waals surface area contributed by atoms with E-state index < -0.39 is 11.4 Å². The van der Waals surface area contributed by atoms with Gasteiger partial charge < -0.3 is 14.2 Å². The molecule has 0 aliphatic carbocycles. The second kappa shape index (κ2) is 5.07. The number of nitrogens with zero attached hydrogens (tertiary/aromatic N) is 2. The van der Waals surface area contributed by atoms with Gasteiger partial charge in [-0.1, -0.05) is 30.3 Å². The lowest BCUT2D eigenvalue weighted by atomic mass is 9.84. The molecule has 3 aromatic rings. The average Bonchev–Trinajstić information content (AvgIpc) is 3.07. The van der Waals surface area contributed by atoms with E-state index in [0.29, 0.717) is 22.2 Å². The van der Waals surface area contributed by atoms with Crippen LogP contribution in [0, 0.1) is 0 Å². The summed E-state index contributed by atoms with van der Waals surface area (Å²) in [6.07, 6.45) is 0. The first-order valence-corrected chi connectivity index (χ1v) is 8.79. The van der Waals surface area contributed by atoms with Crippen molar-refractivity contribution in [1.82, 2.24) is 4.90 Å². The van der Waals surface area contributed by atoms with Crippen LogP contribution < -0.4 is 10.3 Å². The van der Waals surface area contributed by atoms with Crippen molar-refractivity contribution in [1.29, 1.82) is 0 Å². The minimum Gasteiger partial charge on any atom is -0.450 e. The topological polar surface area (TPSA) is 70.8 Å². The van der Waals surface area contributed by atoms with Crippen LogP contribution in [-0.4, -0.2) is 30.3 Å². The fourth-order valence-corrected chi connectivity index (χ4v) is 4.45. The summed E-state index contributed by atoms with van der Waals surface area (Å²) in [6.45, 7) is 2.07. The van der Waals surface area contributed by atoms with E-state index in [4.69, 9.17) is 4.42 Å². The molecule has 0 bridgehead atoms. The Kier molecular flexibility index (Phi) is 2.97. The summed E-state index contributed by atoms with van der Waals surface area (Å²) in [5, 5.41) is 0.362. The summed E-state index contributed by atoms with van der Waals surface area (Å²) < 4.78 is 5.85. The molecule has 1 spiro atoms. The Morgan fingerprint density at radius 1 is 1.00 bits per heavy atom. The zero-order valence-corrected chi connectivity index (χ0v) is 14.9. The molecular weight excluding hydrogens is 344 g/mol. The fourth-order valence-electron chi connectivity index (χ4n) is 4.45. The Bertz CT molecular complexity index is 1210. The number of hydrogen-bond acceptors (Lipinski definition) is 4. The van der Waals surface area contributed by atoms with Gasteiger partial charge in [-0.25, -0.2) is 0 Å². The van der Waals surface area contributed by atoms with Crippen molar-refractivity contribution < 1.29 is 14.0 Å². The number of carbonyl (C=O) groups excluding carboxylic acids is 2. The highest BCUT2D eigenvalue weighted by Gasteiger charge is 2.63. The molecule has 2 amide bonds. The van der Waals surface area contributed by atoms with Crippen molar-refractivity contribution in [3.05, 3.63) is 75.6 Å². The van der Waals surface area contributed by atoms with E-state index in [1.807, 2.05) is 18.2 Å². The molecule has 2 aromatic carbocycles. The lowest BCUT2D eigenvalue weighted by Crippen LogP contribution is -2.52. The van der Waals surface area contributed by atoms with E-state index in [9.17, 15) is 14.4 Å². The number of anilines is 1. The van der Waals surface area contributed by atoms with E-state index in [-0.39, 0.29) is 29.2 Å². The third-order valence-electron chi connectivity index (χ3n) is 5.59. The maximum atomic E-state index is 13.5. The standard InChI is InChI=1S/C21H16N2O4/c1-3-23-19(25)18-16(17(24)12-8-4-7-11-15(12)27-18)21(23)13-9-5-6-10-14(13)22(2)20(21)26/h4-11H,3H2,1-2H3. The van der Waals surface area contributed by atoms with E-state index in [2.05, 4.69) is 0 Å². The largest absolute Gasteiger partial charge is 0.450 e. The van der Waals surface area contributed by atoms with Crippen molar-refractivity contribution in [2.75, 3.05) is 18.5 Å². The first-order valence-electron chi connectivity index (χ1n) is 8.79. The Labute approximate surface area is 154 Å². The predicted molar refractivity (Wildman–Crippen MR) is 99.8 cm³/mol. The van der Waals surface area contributed by atoms with Crippen LogP contribution in [0.3, 0.4) is 0 Å². The molecule has 6 nitrogen and oxygen atoms in total. The number of benzene rings is 2. The Hall–Kier alpha value is -3.41. The fraction of sp³-hybridized carbons (Fsp3) is 0.190. The van der Waals surface area contributed by atoms with Gasteiger partial charge in [0.25, 0.3) is 11.8 Å². The third kappa shape index (κ3) is 1.63. The van der Waals surface area contributed by atoms with Crippen LogP contribution in [0.5, 0.6) is 0 Å². The van der Waals surface area contributed by atoms with Crippen LogP contribution in [0.1, 0.15) is 28.6 Å². The summed E-state index contributed by atoms with van der Waals surface area (Å²) >= 11 is 0. The molecule has 0 saturated heterocycles. The molecule has 2 aliphatic heterocycles. The van der Waals surface area contributed by atoms with Crippen LogP contribution in [0.15, 0.2) is 57.7 Å². The van der Waals surface area contributed by atoms with Crippen molar-refractivity contribution >= 4 is 28.5 Å². The van der Waals surface area contributed by atoms with E-state index >= 15 is 0 Å². The van der Waals surface area contributed by atoms with E-state index in [0.717, 1.165) is 0 Å².